The molecule has 1 atom stereocenters. The monoisotopic (exact) mass is 281 g/mol. The van der Waals surface area contributed by atoms with E-state index in [0.29, 0.717) is 16.1 Å². The molecule has 2 aromatic rings. The van der Waals surface area contributed by atoms with Crippen LogP contribution in [0.1, 0.15) is 29.7 Å². The normalized spacial score (nSPS) is 11.2. The Morgan fingerprint density at radius 2 is 1.75 bits per heavy atom. The maximum absolute atomic E-state index is 8.84. The zero-order valence-electron chi connectivity index (χ0n) is 10.9. The lowest BCUT2D eigenvalue weighted by Crippen LogP contribution is -2.06. The molecule has 1 N–H and O–H groups in total. The van der Waals surface area contributed by atoms with Crippen LogP contribution in [0.4, 0.5) is 5.69 Å². The van der Waals surface area contributed by atoms with Crippen molar-refractivity contribution in [3.63, 3.8) is 0 Å². The van der Waals surface area contributed by atoms with E-state index >= 15 is 0 Å². The zero-order valence-corrected chi connectivity index (χ0v) is 11.6. The molecule has 2 rings (SSSR count). The van der Waals surface area contributed by atoms with Crippen LogP contribution >= 0.6 is 11.6 Å². The van der Waals surface area contributed by atoms with Gasteiger partial charge in [-0.2, -0.15) is 10.5 Å². The first-order chi connectivity index (χ1) is 9.63. The van der Waals surface area contributed by atoms with Gasteiger partial charge in [-0.1, -0.05) is 23.7 Å². The molecule has 1 unspecified atom stereocenters. The van der Waals surface area contributed by atoms with E-state index in [-0.39, 0.29) is 6.04 Å². The van der Waals surface area contributed by atoms with Gasteiger partial charge in [0, 0.05) is 11.7 Å². The van der Waals surface area contributed by atoms with Gasteiger partial charge in [-0.25, -0.2) is 0 Å². The number of anilines is 1. The SMILES string of the molecule is CC(Nc1ccc(C#N)c(Cl)c1)c1ccc(C#N)cc1. The van der Waals surface area contributed by atoms with Gasteiger partial charge in [0.15, 0.2) is 0 Å². The Morgan fingerprint density at radius 1 is 1.05 bits per heavy atom. The van der Waals surface area contributed by atoms with Gasteiger partial charge in [0.25, 0.3) is 0 Å². The van der Waals surface area contributed by atoms with Crippen LogP contribution in [0.5, 0.6) is 0 Å². The Kier molecular flexibility index (Phi) is 4.25. The lowest BCUT2D eigenvalue weighted by molar-refractivity contribution is 0.884. The van der Waals surface area contributed by atoms with Crippen molar-refractivity contribution in [2.45, 2.75) is 13.0 Å². The highest BCUT2D eigenvalue weighted by molar-refractivity contribution is 6.32. The first-order valence-electron chi connectivity index (χ1n) is 6.10. The fraction of sp³-hybridized carbons (Fsp3) is 0.125. The fourth-order valence-electron chi connectivity index (χ4n) is 1.88. The van der Waals surface area contributed by atoms with E-state index in [0.717, 1.165) is 11.3 Å². The number of hydrogen-bond donors (Lipinski definition) is 1. The summed E-state index contributed by atoms with van der Waals surface area (Å²) in [7, 11) is 0. The highest BCUT2D eigenvalue weighted by atomic mass is 35.5. The largest absolute Gasteiger partial charge is 0.378 e. The highest BCUT2D eigenvalue weighted by Crippen LogP contribution is 2.24. The van der Waals surface area contributed by atoms with E-state index in [1.165, 1.54) is 0 Å². The molecule has 0 saturated carbocycles. The molecule has 0 aliphatic carbocycles. The van der Waals surface area contributed by atoms with Gasteiger partial charge in [-0.05, 0) is 42.8 Å². The van der Waals surface area contributed by atoms with Crippen LogP contribution in [-0.2, 0) is 0 Å². The molecule has 0 aliphatic rings. The molecule has 0 bridgehead atoms. The standard InChI is InChI=1S/C16H12ClN3/c1-11(13-4-2-12(9-18)3-5-13)20-15-7-6-14(10-19)16(17)8-15/h2-8,11,20H,1H3. The van der Waals surface area contributed by atoms with Crippen LogP contribution in [0.15, 0.2) is 42.5 Å². The maximum Gasteiger partial charge on any atom is 0.101 e. The molecule has 0 amide bonds. The number of nitriles is 2. The summed E-state index contributed by atoms with van der Waals surface area (Å²) in [6.07, 6.45) is 0. The fourth-order valence-corrected chi connectivity index (χ4v) is 2.10. The van der Waals surface area contributed by atoms with Gasteiger partial charge >= 0.3 is 0 Å². The molecule has 0 heterocycles. The quantitative estimate of drug-likeness (QED) is 0.914. The van der Waals surface area contributed by atoms with Crippen LogP contribution in [0, 0.1) is 22.7 Å². The minimum atomic E-state index is 0.0757. The number of rotatable bonds is 3. The minimum Gasteiger partial charge on any atom is -0.378 e. The van der Waals surface area contributed by atoms with Gasteiger partial charge in [0.05, 0.1) is 22.2 Å². The molecule has 2 aromatic carbocycles. The molecule has 0 aliphatic heterocycles. The summed E-state index contributed by atoms with van der Waals surface area (Å²) in [5.41, 5.74) is 3.03. The molecule has 0 aromatic heterocycles. The molecule has 0 saturated heterocycles. The summed E-state index contributed by atoms with van der Waals surface area (Å²) in [6.45, 7) is 2.02. The van der Waals surface area contributed by atoms with Crippen molar-refractivity contribution in [2.75, 3.05) is 5.32 Å². The Morgan fingerprint density at radius 3 is 2.30 bits per heavy atom. The molecule has 0 fully saturated rings. The Hall–Kier alpha value is -2.49. The third-order valence-corrected chi connectivity index (χ3v) is 3.33. The van der Waals surface area contributed by atoms with Gasteiger partial charge in [0.2, 0.25) is 0 Å². The number of nitrogens with zero attached hydrogens (tertiary/aromatic N) is 2. The van der Waals surface area contributed by atoms with Gasteiger partial charge < -0.3 is 5.32 Å². The summed E-state index contributed by atoms with van der Waals surface area (Å²) in [5, 5.41) is 21.4. The molecular formula is C16H12ClN3. The first kappa shape index (κ1) is 13.9. The van der Waals surface area contributed by atoms with Crippen LogP contribution < -0.4 is 5.32 Å². The summed E-state index contributed by atoms with van der Waals surface area (Å²) in [6, 6.07) is 16.9. The van der Waals surface area contributed by atoms with Gasteiger partial charge in [-0.15, -0.1) is 0 Å². The molecule has 0 spiro atoms. The van der Waals surface area contributed by atoms with Gasteiger partial charge in [0.1, 0.15) is 6.07 Å². The van der Waals surface area contributed by atoms with Crippen LogP contribution in [-0.4, -0.2) is 0 Å². The van der Waals surface area contributed by atoms with E-state index in [2.05, 4.69) is 11.4 Å². The van der Waals surface area contributed by atoms with Crippen molar-refractivity contribution in [2.24, 2.45) is 0 Å². The second-order valence-corrected chi connectivity index (χ2v) is 4.81. The Balaban J connectivity index is 2.15. The summed E-state index contributed by atoms with van der Waals surface area (Å²) in [4.78, 5) is 0. The molecule has 4 heteroatoms. The highest BCUT2D eigenvalue weighted by Gasteiger charge is 2.07. The second-order valence-electron chi connectivity index (χ2n) is 4.41. The third-order valence-electron chi connectivity index (χ3n) is 3.01. The molecule has 0 radical (unpaired) electrons. The van der Waals surface area contributed by atoms with Crippen LogP contribution in [0.25, 0.3) is 0 Å². The molecule has 20 heavy (non-hydrogen) atoms. The Bertz CT molecular complexity index is 693. The maximum atomic E-state index is 8.84. The summed E-state index contributed by atoms with van der Waals surface area (Å²) < 4.78 is 0. The number of halogens is 1. The van der Waals surface area contributed by atoms with Gasteiger partial charge in [-0.3, -0.25) is 0 Å². The lowest BCUT2D eigenvalue weighted by Gasteiger charge is -2.16. The van der Waals surface area contributed by atoms with E-state index in [1.807, 2.05) is 31.2 Å². The van der Waals surface area contributed by atoms with Crippen molar-refractivity contribution in [1.29, 1.82) is 10.5 Å². The summed E-state index contributed by atoms with van der Waals surface area (Å²) in [5.74, 6) is 0. The van der Waals surface area contributed by atoms with Crippen molar-refractivity contribution >= 4 is 17.3 Å². The van der Waals surface area contributed by atoms with Crippen LogP contribution in [0.3, 0.4) is 0 Å². The average molecular weight is 282 g/mol. The number of benzene rings is 2. The van der Waals surface area contributed by atoms with Crippen molar-refractivity contribution < 1.29 is 0 Å². The third kappa shape index (κ3) is 3.09. The predicted octanol–water partition coefficient (Wildman–Crippen LogP) is 4.26. The number of nitrogens with one attached hydrogen (secondary N) is 1. The van der Waals surface area contributed by atoms with Crippen molar-refractivity contribution in [3.8, 4) is 12.1 Å². The lowest BCUT2D eigenvalue weighted by atomic mass is 10.1. The van der Waals surface area contributed by atoms with Crippen molar-refractivity contribution in [3.05, 3.63) is 64.2 Å². The Labute approximate surface area is 123 Å². The first-order valence-corrected chi connectivity index (χ1v) is 6.48. The van der Waals surface area contributed by atoms with Crippen LogP contribution in [0.2, 0.25) is 5.02 Å². The number of hydrogen-bond acceptors (Lipinski definition) is 3. The molecule has 98 valence electrons. The van der Waals surface area contributed by atoms with Crippen molar-refractivity contribution in [1.82, 2.24) is 0 Å². The predicted molar refractivity (Wildman–Crippen MR) is 79.4 cm³/mol. The van der Waals surface area contributed by atoms with E-state index < -0.39 is 0 Å². The van der Waals surface area contributed by atoms with E-state index in [4.69, 9.17) is 22.1 Å². The molecular weight excluding hydrogens is 270 g/mol. The topological polar surface area (TPSA) is 59.6 Å². The second kappa shape index (κ2) is 6.10. The summed E-state index contributed by atoms with van der Waals surface area (Å²) >= 11 is 6.00. The minimum absolute atomic E-state index is 0.0757. The molecule has 3 nitrogen and oxygen atoms in total. The smallest absolute Gasteiger partial charge is 0.101 e. The van der Waals surface area contributed by atoms with E-state index in [9.17, 15) is 0 Å². The average Bonchev–Trinajstić information content (AvgIpc) is 2.47. The zero-order chi connectivity index (χ0) is 14.5. The van der Waals surface area contributed by atoms with E-state index in [1.54, 1.807) is 24.3 Å².